The van der Waals surface area contributed by atoms with Crippen molar-refractivity contribution in [3.05, 3.63) is 34.2 Å². The molecule has 1 atom stereocenters. The zero-order valence-electron chi connectivity index (χ0n) is 22.9. The highest BCUT2D eigenvalue weighted by atomic mass is 16.6. The molecule has 0 spiro atoms. The lowest BCUT2D eigenvalue weighted by Gasteiger charge is -2.19. The van der Waals surface area contributed by atoms with Gasteiger partial charge in [-0.25, -0.2) is 0 Å². The number of ether oxygens (including phenoxy) is 5. The van der Waals surface area contributed by atoms with E-state index in [-0.39, 0.29) is 6.10 Å². The second kappa shape index (κ2) is 23.4. The molecule has 0 aliphatic rings. The van der Waals surface area contributed by atoms with E-state index in [0.29, 0.717) is 37.9 Å². The van der Waals surface area contributed by atoms with Gasteiger partial charge in [0, 0.05) is 24.7 Å². The summed E-state index contributed by atoms with van der Waals surface area (Å²) >= 11 is 0. The summed E-state index contributed by atoms with van der Waals surface area (Å²) in [4.78, 5) is 2.78. The zero-order valence-corrected chi connectivity index (χ0v) is 22.9. The lowest BCUT2D eigenvalue weighted by molar-refractivity contribution is -0.0645. The van der Waals surface area contributed by atoms with E-state index in [9.17, 15) is 0 Å². The third-order valence-electron chi connectivity index (χ3n) is 6.04. The molecule has 206 valence electrons. The highest BCUT2D eigenvalue weighted by molar-refractivity contribution is 5.42. The molecule has 0 amide bonds. The van der Waals surface area contributed by atoms with Crippen LogP contribution in [0.3, 0.4) is 0 Å². The first-order valence-electron chi connectivity index (χ1n) is 13.7. The Bertz CT molecular complexity index is 698. The Labute approximate surface area is 218 Å². The van der Waals surface area contributed by atoms with Crippen LogP contribution in [-0.4, -0.2) is 53.3 Å². The number of benzene rings is 1. The van der Waals surface area contributed by atoms with E-state index in [1.165, 1.54) is 44.9 Å². The van der Waals surface area contributed by atoms with Gasteiger partial charge in [-0.05, 0) is 42.5 Å². The molecule has 0 saturated carbocycles. The maximum atomic E-state index is 8.28. The summed E-state index contributed by atoms with van der Waals surface area (Å²) in [5, 5.41) is 3.57. The number of hydrogen-bond donors (Lipinski definition) is 0. The Morgan fingerprint density at radius 3 is 2.11 bits per heavy atom. The molecular formula is C28H49N3O5. The number of nitrogens with zero attached hydrogens (tertiary/aromatic N) is 3. The van der Waals surface area contributed by atoms with Gasteiger partial charge in [0.05, 0.1) is 34.0 Å². The largest absolute Gasteiger partial charge is 0.493 e. The molecule has 36 heavy (non-hydrogen) atoms. The third-order valence-corrected chi connectivity index (χ3v) is 6.04. The molecule has 0 heterocycles. The Hall–Kier alpha value is -1.99. The van der Waals surface area contributed by atoms with Crippen LogP contribution in [0.15, 0.2) is 23.3 Å². The molecule has 0 N–H and O–H groups in total. The Morgan fingerprint density at radius 2 is 1.42 bits per heavy atom. The van der Waals surface area contributed by atoms with Crippen molar-refractivity contribution in [2.24, 2.45) is 5.11 Å². The molecule has 0 fully saturated rings. The van der Waals surface area contributed by atoms with Crippen LogP contribution in [0.5, 0.6) is 11.5 Å². The van der Waals surface area contributed by atoms with Crippen molar-refractivity contribution in [1.82, 2.24) is 0 Å². The topological polar surface area (TPSA) is 94.9 Å². The van der Waals surface area contributed by atoms with Crippen LogP contribution >= 0.6 is 0 Å². The fraction of sp³-hybridized carbons (Fsp3) is 0.786. The van der Waals surface area contributed by atoms with Gasteiger partial charge in [-0.1, -0.05) is 75.9 Å². The third kappa shape index (κ3) is 16.6. The second-order valence-electron chi connectivity index (χ2n) is 9.12. The minimum Gasteiger partial charge on any atom is -0.493 e. The summed E-state index contributed by atoms with van der Waals surface area (Å²) in [6.07, 6.45) is 14.0. The fourth-order valence-corrected chi connectivity index (χ4v) is 3.91. The summed E-state index contributed by atoms with van der Waals surface area (Å²) in [5.74, 6) is 1.41. The van der Waals surface area contributed by atoms with Crippen molar-refractivity contribution in [3.8, 4) is 11.5 Å². The molecule has 0 aromatic heterocycles. The molecule has 0 radical (unpaired) electrons. The van der Waals surface area contributed by atoms with Crippen molar-refractivity contribution >= 4 is 0 Å². The minimum absolute atomic E-state index is 0.0681. The molecule has 8 nitrogen and oxygen atoms in total. The normalized spacial score (nSPS) is 11.8. The van der Waals surface area contributed by atoms with Gasteiger partial charge in [0.2, 0.25) is 0 Å². The van der Waals surface area contributed by atoms with E-state index >= 15 is 0 Å². The molecule has 0 saturated heterocycles. The molecule has 0 unspecified atom stereocenters. The van der Waals surface area contributed by atoms with Crippen LogP contribution in [0.2, 0.25) is 0 Å². The zero-order chi connectivity index (χ0) is 26.1. The van der Waals surface area contributed by atoms with Gasteiger partial charge in [-0.3, -0.25) is 0 Å². The quantitative estimate of drug-likeness (QED) is 0.0586. The standard InChI is InChI=1S/C28H49N3O5/c1-4-5-6-7-12-15-20-36-26(23-34-19-14-11-9-8-10-13-18-30-31-29)24-35-22-25-16-17-27(32-2)28(21-25)33-3/h16-17,21,26H,4-15,18-20,22-24H2,1-3H3/t26-/m1/s1. The Kier molecular flexibility index (Phi) is 20.8. The lowest BCUT2D eigenvalue weighted by atomic mass is 10.1. The van der Waals surface area contributed by atoms with Gasteiger partial charge in [0.15, 0.2) is 11.5 Å². The molecular weight excluding hydrogens is 458 g/mol. The Morgan fingerprint density at radius 1 is 0.778 bits per heavy atom. The van der Waals surface area contributed by atoms with Crippen LogP contribution in [0.25, 0.3) is 10.4 Å². The van der Waals surface area contributed by atoms with Crippen molar-refractivity contribution < 1.29 is 23.7 Å². The van der Waals surface area contributed by atoms with Gasteiger partial charge in [0.25, 0.3) is 0 Å². The minimum atomic E-state index is -0.0681. The Balaban J connectivity index is 2.31. The maximum absolute atomic E-state index is 8.28. The smallest absolute Gasteiger partial charge is 0.161 e. The van der Waals surface area contributed by atoms with Gasteiger partial charge < -0.3 is 23.7 Å². The van der Waals surface area contributed by atoms with E-state index in [1.54, 1.807) is 14.2 Å². The van der Waals surface area contributed by atoms with E-state index in [0.717, 1.165) is 50.9 Å². The van der Waals surface area contributed by atoms with Gasteiger partial charge in [0.1, 0.15) is 6.10 Å². The summed E-state index contributed by atoms with van der Waals surface area (Å²) in [7, 11) is 3.27. The number of azide groups is 1. The van der Waals surface area contributed by atoms with Gasteiger partial charge in [-0.2, -0.15) is 0 Å². The predicted octanol–water partition coefficient (Wildman–Crippen LogP) is 7.63. The first-order chi connectivity index (χ1) is 17.7. The number of unbranched alkanes of at least 4 members (excludes halogenated alkanes) is 10. The van der Waals surface area contributed by atoms with E-state index < -0.39 is 0 Å². The molecule has 1 aromatic carbocycles. The predicted molar refractivity (Wildman–Crippen MR) is 145 cm³/mol. The molecule has 0 aliphatic heterocycles. The summed E-state index contributed by atoms with van der Waals surface area (Å²) in [5.41, 5.74) is 9.31. The van der Waals surface area contributed by atoms with Crippen LogP contribution < -0.4 is 9.47 Å². The van der Waals surface area contributed by atoms with Crippen molar-refractivity contribution in [1.29, 1.82) is 0 Å². The molecule has 1 rings (SSSR count). The highest BCUT2D eigenvalue weighted by Crippen LogP contribution is 2.27. The van der Waals surface area contributed by atoms with Gasteiger partial charge in [-0.15, -0.1) is 0 Å². The van der Waals surface area contributed by atoms with Crippen LogP contribution in [-0.2, 0) is 20.8 Å². The first kappa shape index (κ1) is 32.0. The highest BCUT2D eigenvalue weighted by Gasteiger charge is 2.11. The molecule has 1 aromatic rings. The summed E-state index contributed by atoms with van der Waals surface area (Å²) in [6.45, 7) is 5.86. The van der Waals surface area contributed by atoms with Crippen LogP contribution in [0.4, 0.5) is 0 Å². The average Bonchev–Trinajstić information content (AvgIpc) is 2.90. The number of hydrogen-bond acceptors (Lipinski definition) is 6. The van der Waals surface area contributed by atoms with E-state index in [1.807, 2.05) is 18.2 Å². The van der Waals surface area contributed by atoms with Crippen molar-refractivity contribution in [2.45, 2.75) is 96.7 Å². The van der Waals surface area contributed by atoms with Crippen LogP contribution in [0.1, 0.15) is 89.5 Å². The summed E-state index contributed by atoms with van der Waals surface area (Å²) < 4.78 is 28.7. The van der Waals surface area contributed by atoms with Crippen molar-refractivity contribution in [2.75, 3.05) is 47.2 Å². The summed E-state index contributed by atoms with van der Waals surface area (Å²) in [6, 6.07) is 5.83. The average molecular weight is 508 g/mol. The second-order valence-corrected chi connectivity index (χ2v) is 9.12. The van der Waals surface area contributed by atoms with Crippen molar-refractivity contribution in [3.63, 3.8) is 0 Å². The van der Waals surface area contributed by atoms with E-state index in [2.05, 4.69) is 16.9 Å². The molecule has 0 aliphatic carbocycles. The van der Waals surface area contributed by atoms with Crippen LogP contribution in [0, 0.1) is 0 Å². The first-order valence-corrected chi connectivity index (χ1v) is 13.7. The molecule has 8 heteroatoms. The SMILES string of the molecule is CCCCCCCCO[C@H](COCCCCCCCCN=[N+]=[N-])COCc1ccc(OC)c(OC)c1. The van der Waals surface area contributed by atoms with E-state index in [4.69, 9.17) is 29.2 Å². The van der Waals surface area contributed by atoms with Gasteiger partial charge >= 0.3 is 0 Å². The monoisotopic (exact) mass is 507 g/mol. The maximum Gasteiger partial charge on any atom is 0.161 e. The molecule has 0 bridgehead atoms. The number of methoxy groups -OCH3 is 2. The lowest BCUT2D eigenvalue weighted by Crippen LogP contribution is -2.26. The number of rotatable bonds is 25. The fourth-order valence-electron chi connectivity index (χ4n) is 3.91.